The van der Waals surface area contributed by atoms with Crippen LogP contribution in [0.2, 0.25) is 0 Å². The minimum Gasteiger partial charge on any atom is -0.264 e. The number of pyridine rings is 2. The van der Waals surface area contributed by atoms with Gasteiger partial charge in [-0.2, -0.15) is 0 Å². The van der Waals surface area contributed by atoms with E-state index in [1.165, 1.54) is 81.7 Å². The van der Waals surface area contributed by atoms with Crippen LogP contribution in [0.4, 0.5) is 0 Å². The summed E-state index contributed by atoms with van der Waals surface area (Å²) in [6, 6.07) is 86.0. The molecule has 8 heteroatoms. The molecule has 410 valence electrons. The highest BCUT2D eigenvalue weighted by molar-refractivity contribution is 5.90. The molecular formula is C77H62N8. The topological polar surface area (TPSA) is 103 Å². The van der Waals surface area contributed by atoms with Crippen molar-refractivity contribution in [2.24, 2.45) is 0 Å². The average Bonchev–Trinajstić information content (AvgIpc) is 3.75. The van der Waals surface area contributed by atoms with E-state index in [1.807, 2.05) is 75.8 Å². The third-order valence-electron chi connectivity index (χ3n) is 14.4. The van der Waals surface area contributed by atoms with Gasteiger partial charge in [-0.15, -0.1) is 0 Å². The van der Waals surface area contributed by atoms with Gasteiger partial charge < -0.3 is 0 Å². The van der Waals surface area contributed by atoms with Crippen LogP contribution in [0.5, 0.6) is 0 Å². The second kappa shape index (κ2) is 26.7. The summed E-state index contributed by atoms with van der Waals surface area (Å²) in [4.78, 5) is 34.4. The molecule has 0 atom stereocenters. The number of nitrogens with zero attached hydrogens (tertiary/aromatic N) is 8. The van der Waals surface area contributed by atoms with Crippen molar-refractivity contribution in [3.8, 4) is 56.3 Å². The monoisotopic (exact) mass is 1100 g/mol. The minimum atomic E-state index is 0.788. The lowest BCUT2D eigenvalue weighted by Gasteiger charge is -2.04. The van der Waals surface area contributed by atoms with E-state index in [0.29, 0.717) is 0 Å². The van der Waals surface area contributed by atoms with Gasteiger partial charge in [0.25, 0.3) is 0 Å². The molecule has 0 aliphatic rings. The van der Waals surface area contributed by atoms with E-state index in [2.05, 4.69) is 266 Å². The number of benzene rings is 10. The highest BCUT2D eigenvalue weighted by Gasteiger charge is 2.06. The first kappa shape index (κ1) is 55.9. The molecule has 0 aliphatic heterocycles. The Balaban J connectivity index is 0.000000111. The second-order valence-electron chi connectivity index (χ2n) is 20.8. The van der Waals surface area contributed by atoms with E-state index in [4.69, 9.17) is 0 Å². The van der Waals surface area contributed by atoms with Crippen molar-refractivity contribution < 1.29 is 0 Å². The van der Waals surface area contributed by atoms with E-state index in [0.717, 1.165) is 56.8 Å². The van der Waals surface area contributed by atoms with Gasteiger partial charge in [0.05, 0.1) is 17.1 Å². The summed E-state index contributed by atoms with van der Waals surface area (Å²) in [5.41, 5.74) is 14.3. The first-order valence-corrected chi connectivity index (χ1v) is 28.3. The number of fused-ring (bicyclic) bond motifs is 5. The lowest BCUT2D eigenvalue weighted by Crippen LogP contribution is -1.90. The van der Waals surface area contributed by atoms with Crippen LogP contribution in [0, 0.1) is 34.6 Å². The molecule has 85 heavy (non-hydrogen) atoms. The molecule has 5 aromatic heterocycles. The zero-order chi connectivity index (χ0) is 58.3. The van der Waals surface area contributed by atoms with Crippen molar-refractivity contribution in [3.63, 3.8) is 0 Å². The number of aryl methyl sites for hydroxylation is 5. The van der Waals surface area contributed by atoms with Gasteiger partial charge in [0.15, 0.2) is 5.82 Å². The fourth-order valence-corrected chi connectivity index (χ4v) is 9.97. The Morgan fingerprint density at radius 2 is 0.682 bits per heavy atom. The Kier molecular flexibility index (Phi) is 17.6. The summed E-state index contributed by atoms with van der Waals surface area (Å²) in [5.74, 6) is 1.59. The van der Waals surface area contributed by atoms with Crippen LogP contribution in [-0.4, -0.2) is 39.9 Å². The fourth-order valence-electron chi connectivity index (χ4n) is 9.97. The van der Waals surface area contributed by atoms with Crippen LogP contribution in [0.15, 0.2) is 286 Å². The molecule has 0 aliphatic carbocycles. The highest BCUT2D eigenvalue weighted by Crippen LogP contribution is 2.28. The molecule has 15 aromatic rings. The second-order valence-corrected chi connectivity index (χ2v) is 20.8. The standard InChI is InChI=1S/2C16H13N.3C15H12N2/c1-12-8-16(11-17-10-12)15-7-6-13-4-2-3-5-14(13)9-15;1-12-8-9-17-16(10-12)15-7-6-13-4-2-3-5-14(13)11-15;1-11-8-15(17-10-16-11)14-7-6-12-4-2-3-5-13(12)9-14;1-11-16-9-8-15(17-11)14-7-6-12-4-2-3-5-13(12)10-14;1-11-8-9-16-15(17-11)14-7-6-12-4-2-3-5-13(12)10-14/h2*2-11H,1H3;3*2-10H,1H3. The minimum absolute atomic E-state index is 0.788. The zero-order valence-corrected chi connectivity index (χ0v) is 48.2. The third-order valence-corrected chi connectivity index (χ3v) is 14.4. The molecular weight excluding hydrogens is 1040 g/mol. The van der Waals surface area contributed by atoms with E-state index in [9.17, 15) is 0 Å². The Labute approximate surface area is 496 Å². The Morgan fingerprint density at radius 1 is 0.247 bits per heavy atom. The predicted molar refractivity (Wildman–Crippen MR) is 353 cm³/mol. The highest BCUT2D eigenvalue weighted by atomic mass is 14.9. The van der Waals surface area contributed by atoms with E-state index >= 15 is 0 Å². The van der Waals surface area contributed by atoms with Crippen molar-refractivity contribution in [2.75, 3.05) is 0 Å². The lowest BCUT2D eigenvalue weighted by atomic mass is 10.0. The van der Waals surface area contributed by atoms with Gasteiger partial charge in [0.2, 0.25) is 0 Å². The van der Waals surface area contributed by atoms with E-state index < -0.39 is 0 Å². The van der Waals surface area contributed by atoms with Crippen LogP contribution in [0.3, 0.4) is 0 Å². The average molecular weight is 1100 g/mol. The molecule has 0 saturated carbocycles. The molecule has 0 radical (unpaired) electrons. The number of hydrogen-bond acceptors (Lipinski definition) is 8. The van der Waals surface area contributed by atoms with E-state index in [1.54, 1.807) is 18.7 Å². The van der Waals surface area contributed by atoms with Gasteiger partial charge in [-0.1, -0.05) is 182 Å². The summed E-state index contributed by atoms with van der Waals surface area (Å²) in [7, 11) is 0. The predicted octanol–water partition coefficient (Wildman–Crippen LogP) is 19.2. The Bertz CT molecular complexity index is 4070. The SMILES string of the molecule is Cc1cc(-c2ccc3ccccc3c2)ncn1.Cc1ccnc(-c2ccc3ccccc3c2)c1.Cc1ccnc(-c2ccc3ccccc3c2)n1.Cc1cncc(-c2ccc3ccccc3c2)c1.Cc1nccc(-c2ccc3ccccc3c2)n1. The normalized spacial score (nSPS) is 10.6. The summed E-state index contributed by atoms with van der Waals surface area (Å²) < 4.78 is 0. The summed E-state index contributed by atoms with van der Waals surface area (Å²) in [6.07, 6.45) is 10.9. The number of aromatic nitrogens is 8. The van der Waals surface area contributed by atoms with Crippen LogP contribution < -0.4 is 0 Å². The molecule has 0 saturated heterocycles. The quantitative estimate of drug-likeness (QED) is 0.168. The van der Waals surface area contributed by atoms with Gasteiger partial charge >= 0.3 is 0 Å². The third kappa shape index (κ3) is 14.6. The fraction of sp³-hybridized carbons (Fsp3) is 0.0649. The van der Waals surface area contributed by atoms with Gasteiger partial charge in [-0.05, 0) is 172 Å². The molecule has 0 fully saturated rings. The first-order valence-electron chi connectivity index (χ1n) is 28.3. The maximum atomic E-state index is 4.44. The maximum Gasteiger partial charge on any atom is 0.159 e. The van der Waals surface area contributed by atoms with Gasteiger partial charge in [-0.25, -0.2) is 29.9 Å². The Hall–Kier alpha value is -11.0. The molecule has 0 N–H and O–H groups in total. The van der Waals surface area contributed by atoms with E-state index in [-0.39, 0.29) is 0 Å². The smallest absolute Gasteiger partial charge is 0.159 e. The lowest BCUT2D eigenvalue weighted by molar-refractivity contribution is 1.06. The first-order chi connectivity index (χ1) is 41.6. The number of hydrogen-bond donors (Lipinski definition) is 0. The molecule has 10 aromatic carbocycles. The van der Waals surface area contributed by atoms with Crippen LogP contribution in [0.1, 0.15) is 28.3 Å². The van der Waals surface area contributed by atoms with Crippen molar-refractivity contribution in [2.45, 2.75) is 34.6 Å². The molecule has 8 nitrogen and oxygen atoms in total. The molecule has 0 amide bonds. The van der Waals surface area contributed by atoms with Crippen molar-refractivity contribution >= 4 is 53.9 Å². The number of rotatable bonds is 5. The summed E-state index contributed by atoms with van der Waals surface area (Å²) in [6.45, 7) is 10.0. The van der Waals surface area contributed by atoms with Crippen molar-refractivity contribution in [1.82, 2.24) is 39.9 Å². The van der Waals surface area contributed by atoms with Gasteiger partial charge in [-0.3, -0.25) is 9.97 Å². The molecule has 0 spiro atoms. The van der Waals surface area contributed by atoms with Crippen molar-refractivity contribution in [3.05, 3.63) is 314 Å². The molecule has 15 rings (SSSR count). The summed E-state index contributed by atoms with van der Waals surface area (Å²) in [5, 5.41) is 12.5. The zero-order valence-electron chi connectivity index (χ0n) is 48.2. The van der Waals surface area contributed by atoms with Gasteiger partial charge in [0.1, 0.15) is 12.2 Å². The van der Waals surface area contributed by atoms with Crippen molar-refractivity contribution in [1.29, 1.82) is 0 Å². The largest absolute Gasteiger partial charge is 0.264 e. The maximum absolute atomic E-state index is 4.44. The summed E-state index contributed by atoms with van der Waals surface area (Å²) >= 11 is 0. The Morgan fingerprint density at radius 3 is 1.16 bits per heavy atom. The van der Waals surface area contributed by atoms with Crippen LogP contribution in [-0.2, 0) is 0 Å². The van der Waals surface area contributed by atoms with Crippen LogP contribution in [0.25, 0.3) is 110 Å². The van der Waals surface area contributed by atoms with Gasteiger partial charge in [0, 0.05) is 70.2 Å². The molecule has 0 bridgehead atoms. The molecule has 0 unspecified atom stereocenters. The molecule has 5 heterocycles. The van der Waals surface area contributed by atoms with Crippen LogP contribution >= 0.6 is 0 Å².